The maximum atomic E-state index is 11.9. The molecule has 1 aliphatic rings. The number of carbonyl (C=O) groups is 1. The van der Waals surface area contributed by atoms with Gasteiger partial charge in [-0.3, -0.25) is 15.4 Å². The fraction of sp³-hybridized carbons (Fsp3) is 0.118. The third-order valence-electron chi connectivity index (χ3n) is 3.63. The van der Waals surface area contributed by atoms with E-state index < -0.39 is 0 Å². The standard InChI is InChI=1S/C17H14N4O2/c22-15-10-13(11-6-2-1-3-7-11)18-16(20-15)21-17-19-12-8-4-5-9-14(12)23-17/h1-9,13H,10H2,(H2,18,19,20,21,22). The van der Waals surface area contributed by atoms with E-state index in [1.54, 1.807) is 0 Å². The summed E-state index contributed by atoms with van der Waals surface area (Å²) in [4.78, 5) is 20.8. The number of aliphatic imine (C=N–C) groups is 1. The molecule has 114 valence electrons. The first-order valence-electron chi connectivity index (χ1n) is 7.33. The third-order valence-corrected chi connectivity index (χ3v) is 3.63. The number of hydrogen-bond donors (Lipinski definition) is 2. The Bertz CT molecular complexity index is 853. The van der Waals surface area contributed by atoms with E-state index in [9.17, 15) is 4.79 Å². The summed E-state index contributed by atoms with van der Waals surface area (Å²) in [5.41, 5.74) is 2.42. The van der Waals surface area contributed by atoms with E-state index in [0.29, 0.717) is 24.0 Å². The summed E-state index contributed by atoms with van der Waals surface area (Å²) in [5.74, 6) is 0.258. The lowest BCUT2D eigenvalue weighted by Crippen LogP contribution is -2.40. The molecule has 2 heterocycles. The van der Waals surface area contributed by atoms with Gasteiger partial charge < -0.3 is 4.42 Å². The van der Waals surface area contributed by atoms with E-state index in [-0.39, 0.29) is 11.9 Å². The second kappa shape index (κ2) is 5.57. The van der Waals surface area contributed by atoms with Crippen molar-refractivity contribution >= 4 is 29.0 Å². The molecular formula is C17H14N4O2. The van der Waals surface area contributed by atoms with Gasteiger partial charge in [-0.05, 0) is 17.7 Å². The van der Waals surface area contributed by atoms with Crippen LogP contribution in [0.3, 0.4) is 0 Å². The van der Waals surface area contributed by atoms with Crippen molar-refractivity contribution in [3.8, 4) is 0 Å². The van der Waals surface area contributed by atoms with E-state index in [0.717, 1.165) is 11.1 Å². The normalized spacial score (nSPS) is 17.7. The Labute approximate surface area is 132 Å². The van der Waals surface area contributed by atoms with Gasteiger partial charge in [0.15, 0.2) is 5.58 Å². The van der Waals surface area contributed by atoms with Crippen LogP contribution in [-0.4, -0.2) is 16.9 Å². The zero-order valence-corrected chi connectivity index (χ0v) is 12.2. The van der Waals surface area contributed by atoms with Crippen molar-refractivity contribution in [2.75, 3.05) is 5.32 Å². The van der Waals surface area contributed by atoms with Crippen LogP contribution in [0.25, 0.3) is 11.1 Å². The monoisotopic (exact) mass is 306 g/mol. The van der Waals surface area contributed by atoms with Gasteiger partial charge in [0.05, 0.1) is 12.5 Å². The van der Waals surface area contributed by atoms with Crippen molar-refractivity contribution in [1.29, 1.82) is 0 Å². The average Bonchev–Trinajstić information content (AvgIpc) is 2.97. The van der Waals surface area contributed by atoms with Crippen LogP contribution >= 0.6 is 0 Å². The van der Waals surface area contributed by atoms with Gasteiger partial charge in [-0.2, -0.15) is 4.98 Å². The molecule has 6 nitrogen and oxygen atoms in total. The first-order valence-corrected chi connectivity index (χ1v) is 7.33. The predicted molar refractivity (Wildman–Crippen MR) is 87.0 cm³/mol. The summed E-state index contributed by atoms with van der Waals surface area (Å²) in [6.45, 7) is 0. The first kappa shape index (κ1) is 13.5. The number of guanidine groups is 1. The number of benzene rings is 2. The largest absolute Gasteiger partial charge is 0.423 e. The van der Waals surface area contributed by atoms with Crippen LogP contribution < -0.4 is 10.6 Å². The molecule has 0 saturated carbocycles. The van der Waals surface area contributed by atoms with Crippen LogP contribution in [0.4, 0.5) is 6.01 Å². The molecule has 4 rings (SSSR count). The van der Waals surface area contributed by atoms with Crippen LogP contribution in [0.5, 0.6) is 0 Å². The SMILES string of the molecule is O=C1CC(c2ccccc2)N=C(Nc2nc3ccccc3o2)N1. The molecule has 0 bridgehead atoms. The topological polar surface area (TPSA) is 79.5 Å². The molecule has 2 aromatic carbocycles. The molecule has 1 amide bonds. The Balaban J connectivity index is 1.61. The maximum absolute atomic E-state index is 11.9. The quantitative estimate of drug-likeness (QED) is 0.763. The Morgan fingerprint density at radius 3 is 2.70 bits per heavy atom. The minimum atomic E-state index is -0.211. The molecule has 0 radical (unpaired) electrons. The molecule has 1 atom stereocenters. The van der Waals surface area contributed by atoms with Crippen LogP contribution in [0, 0.1) is 0 Å². The van der Waals surface area contributed by atoms with Crippen molar-refractivity contribution in [3.05, 3.63) is 60.2 Å². The van der Waals surface area contributed by atoms with Crippen LogP contribution in [0.1, 0.15) is 18.0 Å². The molecule has 0 saturated heterocycles. The molecule has 0 fully saturated rings. The zero-order chi connectivity index (χ0) is 15.6. The second-order valence-corrected chi connectivity index (χ2v) is 5.27. The highest BCUT2D eigenvalue weighted by molar-refractivity contribution is 6.05. The number of amides is 1. The Morgan fingerprint density at radius 1 is 1.09 bits per heavy atom. The van der Waals surface area contributed by atoms with Crippen LogP contribution in [0.15, 0.2) is 64.0 Å². The van der Waals surface area contributed by atoms with Crippen LogP contribution in [-0.2, 0) is 4.79 Å². The van der Waals surface area contributed by atoms with Gasteiger partial charge in [-0.25, -0.2) is 4.99 Å². The minimum Gasteiger partial charge on any atom is -0.423 e. The lowest BCUT2D eigenvalue weighted by Gasteiger charge is -2.20. The third kappa shape index (κ3) is 2.78. The summed E-state index contributed by atoms with van der Waals surface area (Å²) in [5, 5.41) is 5.65. The lowest BCUT2D eigenvalue weighted by molar-refractivity contribution is -0.120. The number of carbonyl (C=O) groups excluding carboxylic acids is 1. The smallest absolute Gasteiger partial charge is 0.302 e. The van der Waals surface area contributed by atoms with Gasteiger partial charge in [0, 0.05) is 0 Å². The molecule has 23 heavy (non-hydrogen) atoms. The second-order valence-electron chi connectivity index (χ2n) is 5.27. The lowest BCUT2D eigenvalue weighted by atomic mass is 10.0. The summed E-state index contributed by atoms with van der Waals surface area (Å²) in [6, 6.07) is 17.3. The van der Waals surface area contributed by atoms with Gasteiger partial charge in [0.25, 0.3) is 0 Å². The maximum Gasteiger partial charge on any atom is 0.302 e. The van der Waals surface area contributed by atoms with E-state index in [1.807, 2.05) is 54.6 Å². The number of hydrogen-bond acceptors (Lipinski definition) is 5. The Kier molecular flexibility index (Phi) is 3.27. The zero-order valence-electron chi connectivity index (χ0n) is 12.2. The number of oxazole rings is 1. The van der Waals surface area contributed by atoms with Crippen molar-refractivity contribution in [2.45, 2.75) is 12.5 Å². The molecule has 0 spiro atoms. The average molecular weight is 306 g/mol. The fourth-order valence-electron chi connectivity index (χ4n) is 2.55. The number of anilines is 1. The number of rotatable bonds is 2. The van der Waals surface area contributed by atoms with Gasteiger partial charge >= 0.3 is 6.01 Å². The predicted octanol–water partition coefficient (Wildman–Crippen LogP) is 2.86. The number of fused-ring (bicyclic) bond motifs is 1. The van der Waals surface area contributed by atoms with Gasteiger partial charge in [-0.15, -0.1) is 0 Å². The number of nitrogens with one attached hydrogen (secondary N) is 2. The fourth-order valence-corrected chi connectivity index (χ4v) is 2.55. The summed E-state index contributed by atoms with van der Waals surface area (Å²) >= 11 is 0. The van der Waals surface area contributed by atoms with E-state index in [1.165, 1.54) is 0 Å². The van der Waals surface area contributed by atoms with Crippen LogP contribution in [0.2, 0.25) is 0 Å². The number of para-hydroxylation sites is 2. The first-order chi connectivity index (χ1) is 11.3. The molecule has 0 aliphatic carbocycles. The molecule has 2 N–H and O–H groups in total. The van der Waals surface area contributed by atoms with Gasteiger partial charge in [-0.1, -0.05) is 42.5 Å². The van der Waals surface area contributed by atoms with Crippen molar-refractivity contribution in [3.63, 3.8) is 0 Å². The van der Waals surface area contributed by atoms with E-state index >= 15 is 0 Å². The molecule has 1 aliphatic heterocycles. The van der Waals surface area contributed by atoms with E-state index in [2.05, 4.69) is 20.6 Å². The molecule has 3 aromatic rings. The van der Waals surface area contributed by atoms with Crippen molar-refractivity contribution in [1.82, 2.24) is 10.3 Å². The van der Waals surface area contributed by atoms with Crippen molar-refractivity contribution in [2.24, 2.45) is 4.99 Å². The van der Waals surface area contributed by atoms with Crippen molar-refractivity contribution < 1.29 is 9.21 Å². The minimum absolute atomic E-state index is 0.0903. The molecule has 6 heteroatoms. The summed E-state index contributed by atoms with van der Waals surface area (Å²) in [7, 11) is 0. The summed E-state index contributed by atoms with van der Waals surface area (Å²) in [6.07, 6.45) is 0.322. The molecule has 1 unspecified atom stereocenters. The summed E-state index contributed by atoms with van der Waals surface area (Å²) < 4.78 is 5.59. The Hall–Kier alpha value is -3.15. The van der Waals surface area contributed by atoms with E-state index in [4.69, 9.17) is 4.42 Å². The Morgan fingerprint density at radius 2 is 1.87 bits per heavy atom. The number of aromatic nitrogens is 1. The van der Waals surface area contributed by atoms with Gasteiger partial charge in [0.1, 0.15) is 5.52 Å². The molecular weight excluding hydrogens is 292 g/mol. The highest BCUT2D eigenvalue weighted by Crippen LogP contribution is 2.24. The highest BCUT2D eigenvalue weighted by Gasteiger charge is 2.23. The number of nitrogens with zero attached hydrogens (tertiary/aromatic N) is 2. The van der Waals surface area contributed by atoms with Gasteiger partial charge in [0.2, 0.25) is 11.9 Å². The molecule has 1 aromatic heterocycles. The highest BCUT2D eigenvalue weighted by atomic mass is 16.4.